The second kappa shape index (κ2) is 9.20. The Labute approximate surface area is 185 Å². The van der Waals surface area contributed by atoms with Crippen molar-refractivity contribution in [2.24, 2.45) is 0 Å². The lowest BCUT2D eigenvalue weighted by Gasteiger charge is -2.26. The molecular formula is C25H26F2N2O3. The summed E-state index contributed by atoms with van der Waals surface area (Å²) in [5.41, 5.74) is 3.32. The van der Waals surface area contributed by atoms with Gasteiger partial charge in [0.2, 0.25) is 0 Å². The number of anilines is 1. The molecule has 1 saturated heterocycles. The molecule has 0 saturated carbocycles. The molecule has 1 fully saturated rings. The number of alkyl halides is 2. The lowest BCUT2D eigenvalue weighted by Crippen LogP contribution is -2.18. The van der Waals surface area contributed by atoms with E-state index in [-0.39, 0.29) is 23.2 Å². The Kier molecular flexibility index (Phi) is 6.37. The first-order valence-electron chi connectivity index (χ1n) is 10.7. The zero-order valence-electron chi connectivity index (χ0n) is 18.1. The van der Waals surface area contributed by atoms with Gasteiger partial charge in [0, 0.05) is 29.6 Å². The zero-order valence-corrected chi connectivity index (χ0v) is 18.1. The number of para-hydroxylation sites is 1. The number of benzene rings is 2. The van der Waals surface area contributed by atoms with Gasteiger partial charge in [-0.1, -0.05) is 18.2 Å². The molecule has 2 atom stereocenters. The highest BCUT2D eigenvalue weighted by Crippen LogP contribution is 2.37. The van der Waals surface area contributed by atoms with Crippen molar-refractivity contribution >= 4 is 22.6 Å². The van der Waals surface area contributed by atoms with E-state index in [1.165, 1.54) is 0 Å². The molecule has 0 bridgehead atoms. The van der Waals surface area contributed by atoms with Crippen LogP contribution in [0.5, 0.6) is 0 Å². The smallest absolute Gasteiger partial charge is 0.337 e. The van der Waals surface area contributed by atoms with Crippen molar-refractivity contribution < 1.29 is 23.4 Å². The molecule has 0 amide bonds. The van der Waals surface area contributed by atoms with E-state index in [1.54, 1.807) is 24.3 Å². The van der Waals surface area contributed by atoms with Gasteiger partial charge < -0.3 is 15.2 Å². The van der Waals surface area contributed by atoms with E-state index in [2.05, 4.69) is 10.3 Å². The van der Waals surface area contributed by atoms with Crippen molar-refractivity contribution in [3.63, 3.8) is 0 Å². The highest BCUT2D eigenvalue weighted by molar-refractivity contribution is 5.94. The van der Waals surface area contributed by atoms with Crippen LogP contribution in [0, 0.1) is 6.92 Å². The van der Waals surface area contributed by atoms with Gasteiger partial charge in [0.1, 0.15) is 5.69 Å². The number of hydrogen-bond donors (Lipinski definition) is 2. The third-order valence-electron chi connectivity index (χ3n) is 5.97. The van der Waals surface area contributed by atoms with Gasteiger partial charge in [-0.15, -0.1) is 0 Å². The fraction of sp³-hybridized carbons (Fsp3) is 0.360. The molecule has 32 heavy (non-hydrogen) atoms. The first-order valence-corrected chi connectivity index (χ1v) is 10.7. The standard InChI is InChI=1S/C25H26F2N2O3/c1-14-10-18(15(2)28-21-8-4-3-7-17(21)25(30)31)20-12-19(16-6-5-9-32-13-16)23(24(26)27)29-22(20)11-14/h3-4,7-8,10-12,15-16,24,28H,5-6,9,13H2,1-2H3,(H,30,31)/t15-,16-/m1/s1. The number of halogens is 2. The van der Waals surface area contributed by atoms with Gasteiger partial charge in [0.25, 0.3) is 6.43 Å². The molecule has 4 rings (SSSR count). The quantitative estimate of drug-likeness (QED) is 0.474. The van der Waals surface area contributed by atoms with E-state index in [0.29, 0.717) is 30.0 Å². The molecule has 0 radical (unpaired) electrons. The maximum absolute atomic E-state index is 13.9. The molecule has 0 aliphatic carbocycles. The number of carbonyl (C=O) groups is 1. The normalized spacial score (nSPS) is 17.5. The molecule has 1 aliphatic heterocycles. The van der Waals surface area contributed by atoms with Crippen molar-refractivity contribution in [3.8, 4) is 0 Å². The molecule has 7 heteroatoms. The molecule has 168 valence electrons. The number of fused-ring (bicyclic) bond motifs is 1. The van der Waals surface area contributed by atoms with E-state index >= 15 is 0 Å². The van der Waals surface area contributed by atoms with Crippen molar-refractivity contribution in [1.82, 2.24) is 4.98 Å². The predicted octanol–water partition coefficient (Wildman–Crippen LogP) is 6.25. The van der Waals surface area contributed by atoms with Crippen LogP contribution in [0.3, 0.4) is 0 Å². The number of ether oxygens (including phenoxy) is 1. The van der Waals surface area contributed by atoms with Crippen molar-refractivity contribution in [2.45, 2.75) is 45.1 Å². The van der Waals surface area contributed by atoms with Gasteiger partial charge in [0.05, 0.1) is 17.7 Å². The first kappa shape index (κ1) is 22.1. The van der Waals surface area contributed by atoms with Crippen LogP contribution in [0.2, 0.25) is 0 Å². The number of nitrogens with one attached hydrogen (secondary N) is 1. The van der Waals surface area contributed by atoms with E-state index in [9.17, 15) is 18.7 Å². The highest BCUT2D eigenvalue weighted by atomic mass is 19.3. The third-order valence-corrected chi connectivity index (χ3v) is 5.97. The average Bonchev–Trinajstić information content (AvgIpc) is 2.78. The molecule has 0 unspecified atom stereocenters. The summed E-state index contributed by atoms with van der Waals surface area (Å²) >= 11 is 0. The summed E-state index contributed by atoms with van der Waals surface area (Å²) in [5.74, 6) is -1.13. The Balaban J connectivity index is 1.81. The van der Waals surface area contributed by atoms with Crippen LogP contribution in [0.4, 0.5) is 14.5 Å². The minimum Gasteiger partial charge on any atom is -0.478 e. The van der Waals surface area contributed by atoms with Crippen LogP contribution in [-0.2, 0) is 4.74 Å². The summed E-state index contributed by atoms with van der Waals surface area (Å²) < 4.78 is 33.4. The minimum atomic E-state index is -2.67. The zero-order chi connectivity index (χ0) is 22.8. The summed E-state index contributed by atoms with van der Waals surface area (Å²) in [4.78, 5) is 16.0. The van der Waals surface area contributed by atoms with Gasteiger partial charge >= 0.3 is 5.97 Å². The third kappa shape index (κ3) is 4.43. The van der Waals surface area contributed by atoms with Crippen LogP contribution in [0.25, 0.3) is 10.9 Å². The van der Waals surface area contributed by atoms with Gasteiger partial charge in [-0.25, -0.2) is 18.6 Å². The summed E-state index contributed by atoms with van der Waals surface area (Å²) in [5, 5.41) is 13.6. The highest BCUT2D eigenvalue weighted by Gasteiger charge is 2.26. The Bertz CT molecular complexity index is 1140. The number of hydrogen-bond acceptors (Lipinski definition) is 4. The molecule has 0 spiro atoms. The Morgan fingerprint density at radius 3 is 2.72 bits per heavy atom. The molecule has 2 N–H and O–H groups in total. The Hall–Kier alpha value is -3.06. The summed E-state index contributed by atoms with van der Waals surface area (Å²) in [7, 11) is 0. The Morgan fingerprint density at radius 1 is 1.25 bits per heavy atom. The number of aryl methyl sites for hydroxylation is 1. The van der Waals surface area contributed by atoms with Crippen LogP contribution >= 0.6 is 0 Å². The molecule has 5 nitrogen and oxygen atoms in total. The maximum atomic E-state index is 13.9. The van der Waals surface area contributed by atoms with E-state index < -0.39 is 12.4 Å². The summed E-state index contributed by atoms with van der Waals surface area (Å²) in [6.07, 6.45) is -1.05. The largest absolute Gasteiger partial charge is 0.478 e. The number of nitrogens with zero attached hydrogens (tertiary/aromatic N) is 1. The second-order valence-corrected chi connectivity index (χ2v) is 8.32. The van der Waals surface area contributed by atoms with Crippen LogP contribution in [0.1, 0.15) is 70.9 Å². The molecular weight excluding hydrogens is 414 g/mol. The molecule has 2 aromatic carbocycles. The Morgan fingerprint density at radius 2 is 2.03 bits per heavy atom. The molecule has 1 aromatic heterocycles. The van der Waals surface area contributed by atoms with Crippen molar-refractivity contribution in [3.05, 3.63) is 70.4 Å². The first-order chi connectivity index (χ1) is 15.3. The van der Waals surface area contributed by atoms with E-state index in [4.69, 9.17) is 4.74 Å². The second-order valence-electron chi connectivity index (χ2n) is 8.32. The summed E-state index contributed by atoms with van der Waals surface area (Å²) in [6.45, 7) is 4.88. The predicted molar refractivity (Wildman–Crippen MR) is 120 cm³/mol. The average molecular weight is 440 g/mol. The fourth-order valence-electron chi connectivity index (χ4n) is 4.43. The maximum Gasteiger partial charge on any atom is 0.337 e. The van der Waals surface area contributed by atoms with E-state index in [0.717, 1.165) is 29.4 Å². The number of aromatic nitrogens is 1. The van der Waals surface area contributed by atoms with Gasteiger partial charge in [-0.05, 0) is 67.6 Å². The number of carboxylic acids is 1. The minimum absolute atomic E-state index is 0.116. The number of aromatic carboxylic acids is 1. The number of rotatable bonds is 6. The van der Waals surface area contributed by atoms with Crippen LogP contribution < -0.4 is 5.32 Å². The molecule has 3 aromatic rings. The molecule has 2 heterocycles. The molecule has 1 aliphatic rings. The monoisotopic (exact) mass is 440 g/mol. The fourth-order valence-corrected chi connectivity index (χ4v) is 4.43. The van der Waals surface area contributed by atoms with Crippen molar-refractivity contribution in [1.29, 1.82) is 0 Å². The number of carboxylic acid groups (broad SMARTS) is 1. The van der Waals surface area contributed by atoms with Gasteiger partial charge in [-0.2, -0.15) is 0 Å². The topological polar surface area (TPSA) is 71.5 Å². The van der Waals surface area contributed by atoms with Gasteiger partial charge in [-0.3, -0.25) is 0 Å². The van der Waals surface area contributed by atoms with Crippen LogP contribution in [-0.4, -0.2) is 29.3 Å². The lowest BCUT2D eigenvalue weighted by molar-refractivity contribution is 0.0697. The van der Waals surface area contributed by atoms with Crippen molar-refractivity contribution in [2.75, 3.05) is 18.5 Å². The SMILES string of the molecule is Cc1cc([C@@H](C)Nc2ccccc2C(=O)O)c2cc([C@@H]3CCCOC3)c(C(F)F)nc2c1. The van der Waals surface area contributed by atoms with E-state index in [1.807, 2.05) is 32.0 Å². The number of pyridine rings is 1. The van der Waals surface area contributed by atoms with Crippen LogP contribution in [0.15, 0.2) is 42.5 Å². The van der Waals surface area contributed by atoms with Gasteiger partial charge in [0.15, 0.2) is 0 Å². The lowest BCUT2D eigenvalue weighted by atomic mass is 9.89. The summed E-state index contributed by atoms with van der Waals surface area (Å²) in [6, 6.07) is 12.1.